The maximum absolute atomic E-state index is 8.67. The molecule has 5 nitrogen and oxygen atoms in total. The fourth-order valence-electron chi connectivity index (χ4n) is 2.84. The van der Waals surface area contributed by atoms with Gasteiger partial charge in [0, 0.05) is 29.1 Å². The fraction of sp³-hybridized carbons (Fsp3) is 0. The van der Waals surface area contributed by atoms with Gasteiger partial charge in [-0.05, 0) is 17.7 Å². The highest BCUT2D eigenvalue weighted by Gasteiger charge is 2.15. The average molecular weight is 340 g/mol. The monoisotopic (exact) mass is 340 g/mol. The first-order valence-corrected chi connectivity index (χ1v) is 8.19. The molecule has 0 unspecified atom stereocenters. The molecule has 2 heterocycles. The molecule has 5 heteroatoms. The summed E-state index contributed by atoms with van der Waals surface area (Å²) in [5.41, 5.74) is 5.65. The van der Waals surface area contributed by atoms with Gasteiger partial charge in [0.15, 0.2) is 0 Å². The molecule has 0 saturated heterocycles. The van der Waals surface area contributed by atoms with Crippen LogP contribution >= 0.6 is 0 Å². The van der Waals surface area contributed by atoms with Crippen molar-refractivity contribution in [2.24, 2.45) is 5.16 Å². The minimum Gasteiger partial charge on any atom is -0.411 e. The van der Waals surface area contributed by atoms with Crippen LogP contribution in [0, 0.1) is 0 Å². The van der Waals surface area contributed by atoms with Crippen LogP contribution in [0.3, 0.4) is 0 Å². The summed E-state index contributed by atoms with van der Waals surface area (Å²) in [5.74, 6) is 0.813. The van der Waals surface area contributed by atoms with E-state index < -0.39 is 0 Å². The molecule has 0 aliphatic carbocycles. The smallest absolute Gasteiger partial charge is 0.138 e. The number of hydrogen-bond acceptors (Lipinski definition) is 4. The summed E-state index contributed by atoms with van der Waals surface area (Å²) in [6, 6.07) is 21.7. The highest BCUT2D eigenvalue weighted by atomic mass is 16.4. The van der Waals surface area contributed by atoms with Gasteiger partial charge in [-0.1, -0.05) is 59.8 Å². The van der Waals surface area contributed by atoms with E-state index in [0.29, 0.717) is 0 Å². The zero-order chi connectivity index (χ0) is 17.8. The standard InChI is InChI=1S/C21H16N4O/c26-23-14-15-6-8-16(9-7-15)19-20(17-10-12-22-13-11-17)25-21(24-19)18-4-2-1-3-5-18/h1-14,26H,(H,24,25)/b23-14+. The Labute approximate surface area is 150 Å². The molecule has 2 aromatic carbocycles. The number of rotatable bonds is 4. The van der Waals surface area contributed by atoms with Crippen molar-refractivity contribution in [3.8, 4) is 33.9 Å². The van der Waals surface area contributed by atoms with Crippen LogP contribution in [-0.2, 0) is 0 Å². The lowest BCUT2D eigenvalue weighted by Gasteiger charge is -2.03. The molecule has 0 fully saturated rings. The molecule has 0 aliphatic heterocycles. The molecular weight excluding hydrogens is 324 g/mol. The lowest BCUT2D eigenvalue weighted by molar-refractivity contribution is 0.322. The Hall–Kier alpha value is -3.73. The number of pyridine rings is 1. The summed E-state index contributed by atoms with van der Waals surface area (Å²) in [6.45, 7) is 0. The van der Waals surface area contributed by atoms with Gasteiger partial charge in [-0.2, -0.15) is 0 Å². The van der Waals surface area contributed by atoms with Crippen molar-refractivity contribution in [1.29, 1.82) is 0 Å². The Bertz CT molecular complexity index is 1020. The number of oxime groups is 1. The molecule has 0 bridgehead atoms. The van der Waals surface area contributed by atoms with Crippen molar-refractivity contribution in [1.82, 2.24) is 15.0 Å². The Morgan fingerprint density at radius 3 is 2.23 bits per heavy atom. The van der Waals surface area contributed by atoms with E-state index in [1.54, 1.807) is 12.4 Å². The zero-order valence-electron chi connectivity index (χ0n) is 13.9. The maximum Gasteiger partial charge on any atom is 0.138 e. The van der Waals surface area contributed by atoms with Crippen LogP contribution in [0.15, 0.2) is 84.3 Å². The van der Waals surface area contributed by atoms with E-state index in [4.69, 9.17) is 10.2 Å². The average Bonchev–Trinajstić information content (AvgIpc) is 3.16. The van der Waals surface area contributed by atoms with Crippen molar-refractivity contribution >= 4 is 6.21 Å². The highest BCUT2D eigenvalue weighted by molar-refractivity contribution is 5.84. The van der Waals surface area contributed by atoms with Crippen LogP contribution in [0.2, 0.25) is 0 Å². The Kier molecular flexibility index (Phi) is 4.26. The van der Waals surface area contributed by atoms with E-state index in [2.05, 4.69) is 15.1 Å². The van der Waals surface area contributed by atoms with Crippen LogP contribution in [0.5, 0.6) is 0 Å². The van der Waals surface area contributed by atoms with Crippen LogP contribution in [-0.4, -0.2) is 26.4 Å². The minimum absolute atomic E-state index is 0.813. The third-order valence-corrected chi connectivity index (χ3v) is 4.11. The Balaban J connectivity index is 1.85. The van der Waals surface area contributed by atoms with Crippen LogP contribution in [0.4, 0.5) is 0 Å². The van der Waals surface area contributed by atoms with Gasteiger partial charge in [-0.3, -0.25) is 4.98 Å². The largest absolute Gasteiger partial charge is 0.411 e. The number of hydrogen-bond donors (Lipinski definition) is 2. The third-order valence-electron chi connectivity index (χ3n) is 4.11. The first-order chi connectivity index (χ1) is 12.8. The lowest BCUT2D eigenvalue weighted by atomic mass is 10.0. The maximum atomic E-state index is 8.67. The van der Waals surface area contributed by atoms with E-state index in [-0.39, 0.29) is 0 Å². The summed E-state index contributed by atoms with van der Waals surface area (Å²) in [4.78, 5) is 12.4. The Morgan fingerprint density at radius 1 is 0.808 bits per heavy atom. The molecule has 126 valence electrons. The van der Waals surface area contributed by atoms with Gasteiger partial charge in [-0.15, -0.1) is 0 Å². The number of aromatic amines is 1. The van der Waals surface area contributed by atoms with E-state index in [9.17, 15) is 0 Å². The summed E-state index contributed by atoms with van der Waals surface area (Å²) in [6.07, 6.45) is 4.93. The molecule has 26 heavy (non-hydrogen) atoms. The number of imidazole rings is 1. The second-order valence-electron chi connectivity index (χ2n) is 5.78. The Morgan fingerprint density at radius 2 is 1.54 bits per heavy atom. The van der Waals surface area contributed by atoms with Gasteiger partial charge in [-0.25, -0.2) is 4.98 Å². The molecule has 4 aromatic rings. The van der Waals surface area contributed by atoms with E-state index >= 15 is 0 Å². The van der Waals surface area contributed by atoms with Crippen LogP contribution < -0.4 is 0 Å². The third kappa shape index (κ3) is 3.10. The molecule has 0 amide bonds. The predicted octanol–water partition coefficient (Wildman–Crippen LogP) is 4.61. The highest BCUT2D eigenvalue weighted by Crippen LogP contribution is 2.32. The minimum atomic E-state index is 0.813. The second kappa shape index (κ2) is 7.03. The number of nitrogens with zero attached hydrogens (tertiary/aromatic N) is 3. The van der Waals surface area contributed by atoms with Gasteiger partial charge >= 0.3 is 0 Å². The molecule has 0 spiro atoms. The lowest BCUT2D eigenvalue weighted by Crippen LogP contribution is -1.86. The summed E-state index contributed by atoms with van der Waals surface area (Å²) in [7, 11) is 0. The molecule has 0 aliphatic rings. The van der Waals surface area contributed by atoms with Crippen LogP contribution in [0.1, 0.15) is 5.56 Å². The summed E-state index contributed by atoms with van der Waals surface area (Å²) >= 11 is 0. The van der Waals surface area contributed by atoms with E-state index in [1.165, 1.54) is 6.21 Å². The van der Waals surface area contributed by atoms with Crippen molar-refractivity contribution in [2.45, 2.75) is 0 Å². The van der Waals surface area contributed by atoms with Crippen molar-refractivity contribution in [2.75, 3.05) is 0 Å². The van der Waals surface area contributed by atoms with Crippen molar-refractivity contribution in [3.05, 3.63) is 84.7 Å². The van der Waals surface area contributed by atoms with Gasteiger partial charge in [0.05, 0.1) is 17.6 Å². The number of H-pyrrole nitrogens is 1. The van der Waals surface area contributed by atoms with Crippen molar-refractivity contribution in [3.63, 3.8) is 0 Å². The fourth-order valence-corrected chi connectivity index (χ4v) is 2.84. The van der Waals surface area contributed by atoms with Gasteiger partial charge in [0.1, 0.15) is 5.82 Å². The van der Waals surface area contributed by atoms with Crippen molar-refractivity contribution < 1.29 is 5.21 Å². The number of aromatic nitrogens is 3. The topological polar surface area (TPSA) is 74.2 Å². The number of nitrogens with one attached hydrogen (secondary N) is 1. The zero-order valence-corrected chi connectivity index (χ0v) is 13.9. The molecule has 4 rings (SSSR count). The summed E-state index contributed by atoms with van der Waals surface area (Å²) < 4.78 is 0. The number of benzene rings is 2. The SMILES string of the molecule is O/N=C/c1ccc(-c2nc(-c3ccccc3)[nH]c2-c2ccncc2)cc1. The predicted molar refractivity (Wildman–Crippen MR) is 102 cm³/mol. The molecular formula is C21H16N4O. The first kappa shape index (κ1) is 15.8. The second-order valence-corrected chi connectivity index (χ2v) is 5.78. The molecule has 0 saturated carbocycles. The summed E-state index contributed by atoms with van der Waals surface area (Å²) in [5, 5.41) is 11.7. The van der Waals surface area contributed by atoms with Gasteiger partial charge in [0.2, 0.25) is 0 Å². The molecule has 0 radical (unpaired) electrons. The van der Waals surface area contributed by atoms with E-state index in [0.717, 1.165) is 39.5 Å². The molecule has 0 atom stereocenters. The first-order valence-electron chi connectivity index (χ1n) is 8.19. The van der Waals surface area contributed by atoms with Gasteiger partial charge in [0.25, 0.3) is 0 Å². The van der Waals surface area contributed by atoms with Crippen LogP contribution in [0.25, 0.3) is 33.9 Å². The molecule has 2 aromatic heterocycles. The van der Waals surface area contributed by atoms with E-state index in [1.807, 2.05) is 66.7 Å². The van der Waals surface area contributed by atoms with Gasteiger partial charge < -0.3 is 10.2 Å². The quantitative estimate of drug-likeness (QED) is 0.323. The normalized spacial score (nSPS) is 11.1. The molecule has 2 N–H and O–H groups in total.